The SMILES string of the molecule is CCCCCCCC/C=C\CCCCCCCCN.O=C([O-])CC(O)(CC(=O)[O-])C(=O)[O-].[Bi+3]. The summed E-state index contributed by atoms with van der Waals surface area (Å²) in [5.41, 5.74) is 2.50. The quantitative estimate of drug-likeness (QED) is 0.107. The van der Waals surface area contributed by atoms with Crippen molar-refractivity contribution < 1.29 is 34.8 Å². The van der Waals surface area contributed by atoms with Gasteiger partial charge in [0.25, 0.3) is 0 Å². The Balaban J connectivity index is -0.000000566. The molecule has 0 saturated carbocycles. The van der Waals surface area contributed by atoms with Crippen LogP contribution in [0.15, 0.2) is 12.2 Å². The number of hydrogen-bond donors (Lipinski definition) is 2. The molecule has 0 aliphatic heterocycles. The molecule has 0 amide bonds. The monoisotopic (exact) mass is 665 g/mol. The number of nitrogens with two attached hydrogens (primary N) is 1. The molecule has 0 aliphatic carbocycles. The molecule has 0 heterocycles. The Kier molecular flexibility index (Phi) is 28.3. The second-order valence-electron chi connectivity index (χ2n) is 8.14. The summed E-state index contributed by atoms with van der Waals surface area (Å²) >= 11 is 0. The molecule has 0 aromatic rings. The van der Waals surface area contributed by atoms with Gasteiger partial charge in [0.05, 0.1) is 5.97 Å². The molecule has 0 aromatic carbocycles. The van der Waals surface area contributed by atoms with Gasteiger partial charge in [0, 0.05) is 24.8 Å². The first kappa shape index (κ1) is 36.5. The molecule has 33 heavy (non-hydrogen) atoms. The second kappa shape index (κ2) is 25.6. The minimum Gasteiger partial charge on any atom is -0.550 e. The number of aliphatic carboxylic acids is 3. The molecule has 0 fully saturated rings. The number of carboxylic acid groups (broad SMARTS) is 3. The minimum atomic E-state index is -2.97. The average molecular weight is 666 g/mol. The molecular formula is C24H42BiNO7. The third-order valence-electron chi connectivity index (χ3n) is 4.97. The summed E-state index contributed by atoms with van der Waals surface area (Å²) in [5, 5.41) is 38.9. The van der Waals surface area contributed by atoms with E-state index in [-0.39, 0.29) is 26.2 Å². The van der Waals surface area contributed by atoms with Gasteiger partial charge in [0.15, 0.2) is 0 Å². The maximum atomic E-state index is 10.1. The number of carboxylic acids is 3. The molecule has 8 nitrogen and oxygen atoms in total. The summed E-state index contributed by atoms with van der Waals surface area (Å²) in [6.07, 6.45) is 21.2. The number of unbranched alkanes of at least 4 members (excludes halogenated alkanes) is 12. The number of rotatable bonds is 20. The first-order valence-corrected chi connectivity index (χ1v) is 11.9. The van der Waals surface area contributed by atoms with Crippen molar-refractivity contribution in [3.8, 4) is 0 Å². The third-order valence-corrected chi connectivity index (χ3v) is 4.97. The van der Waals surface area contributed by atoms with E-state index < -0.39 is 36.4 Å². The predicted molar refractivity (Wildman–Crippen MR) is 123 cm³/mol. The fraction of sp³-hybridized carbons (Fsp3) is 0.792. The smallest absolute Gasteiger partial charge is 0.550 e. The van der Waals surface area contributed by atoms with Gasteiger partial charge in [-0.3, -0.25) is 0 Å². The van der Waals surface area contributed by atoms with Crippen molar-refractivity contribution >= 4 is 44.1 Å². The van der Waals surface area contributed by atoms with Crippen molar-refractivity contribution in [3.63, 3.8) is 0 Å². The Bertz CT molecular complexity index is 511. The van der Waals surface area contributed by atoms with Crippen LogP contribution in [0.4, 0.5) is 0 Å². The molecule has 2 radical (unpaired) electrons. The molecule has 9 heteroatoms. The average Bonchev–Trinajstić information content (AvgIpc) is 2.70. The minimum absolute atomic E-state index is 0. The Hall–Kier alpha value is -1.05. The standard InChI is InChI=1S/C18H37N.C6H8O7.Bi/c1-2-3-4-5-6-7-8-9-10-11-12-13-14-15-16-17-18-19;7-3(8)1-6(13,5(11)12)2-4(9)10;/h9-10H,2-8,11-19H2,1H3;13H,1-2H2,(H,7,8)(H,9,10)(H,11,12);/q;;+3/p-3/b10-9-;;. The van der Waals surface area contributed by atoms with Crippen molar-refractivity contribution in [2.75, 3.05) is 6.54 Å². The van der Waals surface area contributed by atoms with Gasteiger partial charge in [-0.05, 0) is 38.6 Å². The Morgan fingerprint density at radius 2 is 1.09 bits per heavy atom. The fourth-order valence-electron chi connectivity index (χ4n) is 3.08. The van der Waals surface area contributed by atoms with Gasteiger partial charge in [-0.15, -0.1) is 0 Å². The van der Waals surface area contributed by atoms with Crippen LogP contribution in [0.25, 0.3) is 0 Å². The summed E-state index contributed by atoms with van der Waals surface area (Å²) in [5.74, 6) is -5.98. The number of carbonyl (C=O) groups excluding carboxylic acids is 3. The number of aliphatic hydroxyl groups is 1. The van der Waals surface area contributed by atoms with E-state index in [0.717, 1.165) is 6.54 Å². The first-order chi connectivity index (χ1) is 15.2. The zero-order valence-electron chi connectivity index (χ0n) is 20.1. The van der Waals surface area contributed by atoms with Crippen LogP contribution in [0.3, 0.4) is 0 Å². The van der Waals surface area contributed by atoms with Crippen molar-refractivity contribution in [2.24, 2.45) is 5.73 Å². The van der Waals surface area contributed by atoms with Crippen LogP contribution >= 0.6 is 0 Å². The van der Waals surface area contributed by atoms with Crippen LogP contribution in [-0.4, -0.2) is 61.4 Å². The number of allylic oxidation sites excluding steroid dienone is 2. The van der Waals surface area contributed by atoms with Gasteiger partial charge in [-0.2, -0.15) is 0 Å². The molecule has 0 aliphatic rings. The first-order valence-electron chi connectivity index (χ1n) is 11.9. The second-order valence-corrected chi connectivity index (χ2v) is 8.14. The topological polar surface area (TPSA) is 167 Å². The van der Waals surface area contributed by atoms with Crippen molar-refractivity contribution in [1.29, 1.82) is 0 Å². The molecule has 0 bridgehead atoms. The van der Waals surface area contributed by atoms with E-state index in [4.69, 9.17) is 10.8 Å². The van der Waals surface area contributed by atoms with Crippen LogP contribution in [0.2, 0.25) is 0 Å². The molecule has 0 rings (SSSR count). The molecule has 0 spiro atoms. The molecule has 0 aromatic heterocycles. The van der Waals surface area contributed by atoms with Gasteiger partial charge >= 0.3 is 26.2 Å². The molecular weight excluding hydrogens is 623 g/mol. The van der Waals surface area contributed by atoms with Gasteiger partial charge in [0.1, 0.15) is 5.60 Å². The van der Waals surface area contributed by atoms with E-state index in [9.17, 15) is 29.7 Å². The van der Waals surface area contributed by atoms with E-state index in [1.54, 1.807) is 0 Å². The summed E-state index contributed by atoms with van der Waals surface area (Å²) in [4.78, 5) is 30.0. The number of carbonyl (C=O) groups is 3. The number of hydrogen-bond acceptors (Lipinski definition) is 8. The summed E-state index contributed by atoms with van der Waals surface area (Å²) in [7, 11) is 0. The summed E-state index contributed by atoms with van der Waals surface area (Å²) in [6.45, 7) is 3.14. The molecule has 0 saturated heterocycles. The molecule has 0 unspecified atom stereocenters. The van der Waals surface area contributed by atoms with Crippen LogP contribution in [-0.2, 0) is 14.4 Å². The van der Waals surface area contributed by atoms with Crippen molar-refractivity contribution in [3.05, 3.63) is 12.2 Å². The van der Waals surface area contributed by atoms with E-state index >= 15 is 0 Å². The van der Waals surface area contributed by atoms with Gasteiger partial charge in [0.2, 0.25) is 0 Å². The van der Waals surface area contributed by atoms with Gasteiger partial charge in [-0.1, -0.05) is 76.9 Å². The van der Waals surface area contributed by atoms with Gasteiger partial charge < -0.3 is 40.5 Å². The Morgan fingerprint density at radius 3 is 1.42 bits per heavy atom. The van der Waals surface area contributed by atoms with E-state index in [1.165, 1.54) is 89.9 Å². The van der Waals surface area contributed by atoms with Gasteiger partial charge in [-0.25, -0.2) is 0 Å². The zero-order valence-corrected chi connectivity index (χ0v) is 23.6. The Morgan fingerprint density at radius 1 is 0.727 bits per heavy atom. The van der Waals surface area contributed by atoms with Crippen LogP contribution < -0.4 is 21.1 Å². The van der Waals surface area contributed by atoms with Crippen molar-refractivity contribution in [2.45, 2.75) is 115 Å². The molecule has 190 valence electrons. The summed E-state index contributed by atoms with van der Waals surface area (Å²) < 4.78 is 0. The Labute approximate surface area is 218 Å². The van der Waals surface area contributed by atoms with E-state index in [1.807, 2.05) is 0 Å². The largest absolute Gasteiger partial charge is 3.00 e. The maximum absolute atomic E-state index is 10.1. The zero-order chi connectivity index (χ0) is 24.7. The third kappa shape index (κ3) is 27.1. The normalized spacial score (nSPS) is 10.9. The maximum Gasteiger partial charge on any atom is 3.00 e. The van der Waals surface area contributed by atoms with Crippen LogP contribution in [0, 0.1) is 0 Å². The van der Waals surface area contributed by atoms with Crippen LogP contribution in [0.1, 0.15) is 110 Å². The van der Waals surface area contributed by atoms with E-state index in [2.05, 4.69) is 19.1 Å². The predicted octanol–water partition coefficient (Wildman–Crippen LogP) is 0.349. The molecule has 3 N–H and O–H groups in total. The van der Waals surface area contributed by atoms with E-state index in [0.29, 0.717) is 0 Å². The molecule has 0 atom stereocenters. The van der Waals surface area contributed by atoms with Crippen LogP contribution in [0.5, 0.6) is 0 Å². The van der Waals surface area contributed by atoms with Crippen molar-refractivity contribution in [1.82, 2.24) is 0 Å². The summed E-state index contributed by atoms with van der Waals surface area (Å²) in [6, 6.07) is 0. The fourth-order valence-corrected chi connectivity index (χ4v) is 3.08.